The van der Waals surface area contributed by atoms with Crippen LogP contribution < -0.4 is 10.6 Å². The molecule has 126 valence electrons. The largest absolute Gasteiger partial charge is 0.480 e. The van der Waals surface area contributed by atoms with Gasteiger partial charge in [0.1, 0.15) is 6.61 Å². The van der Waals surface area contributed by atoms with Crippen LogP contribution in [-0.2, 0) is 19.1 Å². The van der Waals surface area contributed by atoms with E-state index in [1.165, 1.54) is 11.8 Å². The van der Waals surface area contributed by atoms with E-state index in [1.807, 2.05) is 31.2 Å². The first kappa shape index (κ1) is 19.0. The van der Waals surface area contributed by atoms with E-state index in [2.05, 4.69) is 10.6 Å². The van der Waals surface area contributed by atoms with E-state index in [0.29, 0.717) is 0 Å². The molecule has 0 unspecified atom stereocenters. The number of hydrogen-bond acceptors (Lipinski definition) is 5. The third-order valence-corrected chi connectivity index (χ3v) is 3.53. The number of amides is 2. The lowest BCUT2D eigenvalue weighted by Crippen LogP contribution is -2.29. The molecule has 0 spiro atoms. The highest BCUT2D eigenvalue weighted by Gasteiger charge is 2.06. The Hall–Kier alpha value is -2.06. The van der Waals surface area contributed by atoms with E-state index in [-0.39, 0.29) is 43.1 Å². The Balaban J connectivity index is 2.08. The number of anilines is 1. The van der Waals surface area contributed by atoms with Crippen molar-refractivity contribution < 1.29 is 24.2 Å². The van der Waals surface area contributed by atoms with Gasteiger partial charge in [0.15, 0.2) is 0 Å². The van der Waals surface area contributed by atoms with E-state index in [4.69, 9.17) is 9.84 Å². The Labute approximate surface area is 138 Å². The molecule has 1 rings (SSSR count). The molecule has 0 heterocycles. The summed E-state index contributed by atoms with van der Waals surface area (Å²) >= 11 is 1.20. The van der Waals surface area contributed by atoms with Gasteiger partial charge in [0.05, 0.1) is 18.1 Å². The van der Waals surface area contributed by atoms with Gasteiger partial charge in [-0.15, -0.1) is 11.8 Å². The van der Waals surface area contributed by atoms with Gasteiger partial charge in [-0.2, -0.15) is 0 Å². The number of ether oxygens (including phenoxy) is 1. The van der Waals surface area contributed by atoms with Crippen LogP contribution in [0.3, 0.4) is 0 Å². The molecule has 0 aliphatic heterocycles. The zero-order valence-electron chi connectivity index (χ0n) is 12.8. The smallest absolute Gasteiger partial charge is 0.329 e. The zero-order chi connectivity index (χ0) is 17.1. The van der Waals surface area contributed by atoms with Crippen molar-refractivity contribution in [2.45, 2.75) is 6.92 Å². The minimum absolute atomic E-state index is 0.136. The van der Waals surface area contributed by atoms with Gasteiger partial charge in [-0.3, -0.25) is 9.59 Å². The van der Waals surface area contributed by atoms with Crippen molar-refractivity contribution in [2.24, 2.45) is 0 Å². The van der Waals surface area contributed by atoms with E-state index < -0.39 is 5.97 Å². The van der Waals surface area contributed by atoms with Crippen molar-refractivity contribution >= 4 is 35.2 Å². The highest BCUT2D eigenvalue weighted by atomic mass is 32.2. The molecule has 0 radical (unpaired) electrons. The monoisotopic (exact) mass is 340 g/mol. The van der Waals surface area contributed by atoms with Gasteiger partial charge < -0.3 is 20.5 Å². The van der Waals surface area contributed by atoms with Crippen LogP contribution in [0.4, 0.5) is 5.69 Å². The Bertz CT molecular complexity index is 533. The number of hydrogen-bond donors (Lipinski definition) is 3. The second-order valence-electron chi connectivity index (χ2n) is 4.70. The van der Waals surface area contributed by atoms with E-state index >= 15 is 0 Å². The molecule has 7 nitrogen and oxygen atoms in total. The fourth-order valence-corrected chi connectivity index (χ4v) is 2.19. The van der Waals surface area contributed by atoms with Crippen molar-refractivity contribution in [3.05, 3.63) is 29.8 Å². The Morgan fingerprint density at radius 1 is 1.13 bits per heavy atom. The predicted octanol–water partition coefficient (Wildman–Crippen LogP) is 0.884. The SMILES string of the molecule is Cc1ccc(NC(=O)CSCC(=O)NCCOCC(=O)O)cc1. The molecule has 0 saturated heterocycles. The normalized spacial score (nSPS) is 10.1. The van der Waals surface area contributed by atoms with Crippen molar-refractivity contribution in [1.82, 2.24) is 5.32 Å². The van der Waals surface area contributed by atoms with E-state index in [0.717, 1.165) is 11.3 Å². The standard InChI is InChI=1S/C15H20N2O5S/c1-11-2-4-12(5-3-11)17-14(19)10-23-9-13(18)16-6-7-22-8-15(20)21/h2-5H,6-10H2,1H3,(H,16,18)(H,17,19)(H,20,21). The molecular weight excluding hydrogens is 320 g/mol. The lowest BCUT2D eigenvalue weighted by molar-refractivity contribution is -0.142. The predicted molar refractivity (Wildman–Crippen MR) is 88.6 cm³/mol. The lowest BCUT2D eigenvalue weighted by Gasteiger charge is -2.06. The topological polar surface area (TPSA) is 105 Å². The highest BCUT2D eigenvalue weighted by Crippen LogP contribution is 2.09. The van der Waals surface area contributed by atoms with Crippen molar-refractivity contribution in [3.63, 3.8) is 0 Å². The quantitative estimate of drug-likeness (QED) is 0.546. The van der Waals surface area contributed by atoms with Crippen molar-refractivity contribution in [3.8, 4) is 0 Å². The summed E-state index contributed by atoms with van der Waals surface area (Å²) in [5.74, 6) is -1.11. The Morgan fingerprint density at radius 3 is 2.43 bits per heavy atom. The first-order chi connectivity index (χ1) is 11.0. The third-order valence-electron chi connectivity index (χ3n) is 2.60. The minimum Gasteiger partial charge on any atom is -0.480 e. The summed E-state index contributed by atoms with van der Waals surface area (Å²) < 4.78 is 4.78. The van der Waals surface area contributed by atoms with Gasteiger partial charge in [-0.1, -0.05) is 17.7 Å². The molecule has 0 fully saturated rings. The average Bonchev–Trinajstić information content (AvgIpc) is 2.49. The summed E-state index contributed by atoms with van der Waals surface area (Å²) in [5, 5.41) is 13.7. The van der Waals surface area contributed by atoms with Crippen molar-refractivity contribution in [1.29, 1.82) is 0 Å². The number of aliphatic carboxylic acids is 1. The minimum atomic E-state index is -1.05. The molecular formula is C15H20N2O5S. The van der Waals surface area contributed by atoms with Gasteiger partial charge in [-0.25, -0.2) is 4.79 Å². The maximum Gasteiger partial charge on any atom is 0.329 e. The zero-order valence-corrected chi connectivity index (χ0v) is 13.6. The van der Waals surface area contributed by atoms with Crippen LogP contribution in [0.25, 0.3) is 0 Å². The van der Waals surface area contributed by atoms with Crippen LogP contribution in [-0.4, -0.2) is 54.2 Å². The van der Waals surface area contributed by atoms with Crippen LogP contribution in [0, 0.1) is 6.92 Å². The van der Waals surface area contributed by atoms with Crippen LogP contribution >= 0.6 is 11.8 Å². The van der Waals surface area contributed by atoms with Gasteiger partial charge in [0.2, 0.25) is 11.8 Å². The fourth-order valence-electron chi connectivity index (χ4n) is 1.54. The first-order valence-corrected chi connectivity index (χ1v) is 8.13. The number of nitrogens with one attached hydrogen (secondary N) is 2. The summed E-state index contributed by atoms with van der Waals surface area (Å²) in [7, 11) is 0. The number of carbonyl (C=O) groups is 3. The van der Waals surface area contributed by atoms with Gasteiger partial charge in [0.25, 0.3) is 0 Å². The molecule has 23 heavy (non-hydrogen) atoms. The number of aryl methyl sites for hydroxylation is 1. The molecule has 0 bridgehead atoms. The number of rotatable bonds is 10. The number of carbonyl (C=O) groups excluding carboxylic acids is 2. The summed E-state index contributed by atoms with van der Waals surface area (Å²) in [5.41, 5.74) is 1.84. The molecule has 0 aliphatic rings. The molecule has 0 saturated carbocycles. The van der Waals surface area contributed by atoms with Crippen molar-refractivity contribution in [2.75, 3.05) is 36.6 Å². The Kier molecular flexibility index (Phi) is 8.78. The van der Waals surface area contributed by atoms with Crippen LogP contribution in [0.15, 0.2) is 24.3 Å². The molecule has 0 atom stereocenters. The summed E-state index contributed by atoms with van der Waals surface area (Å²) in [4.78, 5) is 33.4. The fraction of sp³-hybridized carbons (Fsp3) is 0.400. The Morgan fingerprint density at radius 2 is 1.78 bits per heavy atom. The molecule has 1 aromatic carbocycles. The molecule has 2 amide bonds. The number of carboxylic acid groups (broad SMARTS) is 1. The maximum absolute atomic E-state index is 11.7. The van der Waals surface area contributed by atoms with Gasteiger partial charge >= 0.3 is 5.97 Å². The molecule has 3 N–H and O–H groups in total. The number of carboxylic acids is 1. The van der Waals surface area contributed by atoms with Gasteiger partial charge in [0, 0.05) is 12.2 Å². The number of benzene rings is 1. The summed E-state index contributed by atoms with van der Waals surface area (Å²) in [6.07, 6.45) is 0. The van der Waals surface area contributed by atoms with Crippen LogP contribution in [0.2, 0.25) is 0 Å². The molecule has 0 aromatic heterocycles. The molecule has 8 heteroatoms. The first-order valence-electron chi connectivity index (χ1n) is 6.98. The van der Waals surface area contributed by atoms with Crippen LogP contribution in [0.1, 0.15) is 5.56 Å². The average molecular weight is 340 g/mol. The van der Waals surface area contributed by atoms with Crippen LogP contribution in [0.5, 0.6) is 0 Å². The number of thioether (sulfide) groups is 1. The lowest BCUT2D eigenvalue weighted by atomic mass is 10.2. The summed E-state index contributed by atoms with van der Waals surface area (Å²) in [6.45, 7) is 1.95. The van der Waals surface area contributed by atoms with E-state index in [1.54, 1.807) is 0 Å². The second-order valence-corrected chi connectivity index (χ2v) is 5.69. The molecule has 0 aliphatic carbocycles. The maximum atomic E-state index is 11.7. The van der Waals surface area contributed by atoms with Gasteiger partial charge in [-0.05, 0) is 19.1 Å². The summed E-state index contributed by atoms with van der Waals surface area (Å²) in [6, 6.07) is 7.45. The second kappa shape index (κ2) is 10.6. The van der Waals surface area contributed by atoms with E-state index in [9.17, 15) is 14.4 Å². The third kappa shape index (κ3) is 9.54. The molecule has 1 aromatic rings. The highest BCUT2D eigenvalue weighted by molar-refractivity contribution is 8.00.